The van der Waals surface area contributed by atoms with Gasteiger partial charge in [0.05, 0.1) is 26.9 Å². The zero-order chi connectivity index (χ0) is 18.8. The number of rotatable bonds is 11. The monoisotopic (exact) mass is 435 g/mol. The maximum Gasteiger partial charge on any atom is 0.166 e. The standard InChI is InChI=1S/C19H23Cl2NO4.ClH/c1-24-18-4-2-3-14(12-22-7-9-25-10-8-23)19(18)26-13-15-5-6-16(20)11-17(15)21;/h2-6,11,22-23H,7-10,12-13H2,1H3;1H. The molecule has 0 fully saturated rings. The minimum Gasteiger partial charge on any atom is -0.493 e. The summed E-state index contributed by atoms with van der Waals surface area (Å²) in [6.07, 6.45) is 0. The second-order valence-electron chi connectivity index (χ2n) is 5.49. The molecule has 0 amide bonds. The van der Waals surface area contributed by atoms with Gasteiger partial charge in [0.2, 0.25) is 0 Å². The first-order valence-electron chi connectivity index (χ1n) is 8.27. The third kappa shape index (κ3) is 7.74. The van der Waals surface area contributed by atoms with E-state index in [1.54, 1.807) is 19.2 Å². The fourth-order valence-corrected chi connectivity index (χ4v) is 2.81. The zero-order valence-electron chi connectivity index (χ0n) is 15.0. The van der Waals surface area contributed by atoms with Crippen LogP contribution in [0.3, 0.4) is 0 Å². The molecule has 0 bridgehead atoms. The fourth-order valence-electron chi connectivity index (χ4n) is 2.35. The van der Waals surface area contributed by atoms with E-state index in [4.69, 9.17) is 42.5 Å². The summed E-state index contributed by atoms with van der Waals surface area (Å²) in [4.78, 5) is 0. The van der Waals surface area contributed by atoms with E-state index in [0.717, 1.165) is 11.1 Å². The van der Waals surface area contributed by atoms with Crippen LogP contribution in [-0.4, -0.2) is 38.6 Å². The van der Waals surface area contributed by atoms with Crippen molar-refractivity contribution in [2.24, 2.45) is 0 Å². The number of methoxy groups -OCH3 is 1. The summed E-state index contributed by atoms with van der Waals surface area (Å²) in [5.74, 6) is 1.33. The second-order valence-corrected chi connectivity index (χ2v) is 6.33. The summed E-state index contributed by atoms with van der Waals surface area (Å²) in [5.41, 5.74) is 1.81. The number of hydrogen-bond donors (Lipinski definition) is 2. The Kier molecular flexibility index (Phi) is 11.5. The lowest BCUT2D eigenvalue weighted by Crippen LogP contribution is -2.20. The topological polar surface area (TPSA) is 60.0 Å². The van der Waals surface area contributed by atoms with Gasteiger partial charge in [0, 0.05) is 34.3 Å². The number of para-hydroxylation sites is 1. The number of aliphatic hydroxyl groups excluding tert-OH is 1. The van der Waals surface area contributed by atoms with Crippen molar-refractivity contribution in [1.82, 2.24) is 5.32 Å². The van der Waals surface area contributed by atoms with Crippen LogP contribution in [0.5, 0.6) is 11.5 Å². The lowest BCUT2D eigenvalue weighted by molar-refractivity contribution is 0.0937. The molecule has 0 unspecified atom stereocenters. The highest BCUT2D eigenvalue weighted by molar-refractivity contribution is 6.35. The highest BCUT2D eigenvalue weighted by atomic mass is 35.5. The Morgan fingerprint density at radius 1 is 1.07 bits per heavy atom. The van der Waals surface area contributed by atoms with Crippen LogP contribution in [0.25, 0.3) is 0 Å². The maximum absolute atomic E-state index is 8.69. The Morgan fingerprint density at radius 2 is 1.89 bits per heavy atom. The van der Waals surface area contributed by atoms with Crippen LogP contribution in [0.15, 0.2) is 36.4 Å². The summed E-state index contributed by atoms with van der Waals surface area (Å²) >= 11 is 12.1. The highest BCUT2D eigenvalue weighted by Gasteiger charge is 2.12. The molecule has 0 aliphatic heterocycles. The number of hydrogen-bond acceptors (Lipinski definition) is 5. The molecule has 0 aliphatic carbocycles. The number of benzene rings is 2. The van der Waals surface area contributed by atoms with Crippen LogP contribution in [0.1, 0.15) is 11.1 Å². The molecule has 0 spiro atoms. The van der Waals surface area contributed by atoms with Crippen molar-refractivity contribution in [2.45, 2.75) is 13.2 Å². The second kappa shape index (κ2) is 13.0. The van der Waals surface area contributed by atoms with Gasteiger partial charge in [-0.05, 0) is 18.2 Å². The van der Waals surface area contributed by atoms with Crippen molar-refractivity contribution in [3.63, 3.8) is 0 Å². The van der Waals surface area contributed by atoms with E-state index in [9.17, 15) is 0 Å². The minimum absolute atomic E-state index is 0. The van der Waals surface area contributed by atoms with Gasteiger partial charge in [0.1, 0.15) is 6.61 Å². The Labute approximate surface area is 175 Å². The third-order valence-electron chi connectivity index (χ3n) is 3.64. The van der Waals surface area contributed by atoms with Crippen molar-refractivity contribution >= 4 is 35.6 Å². The fraction of sp³-hybridized carbons (Fsp3) is 0.368. The number of nitrogens with one attached hydrogen (secondary N) is 1. The SMILES string of the molecule is COc1cccc(CNCCOCCO)c1OCc1ccc(Cl)cc1Cl.Cl. The summed E-state index contributed by atoms with van der Waals surface area (Å²) in [6.45, 7) is 2.48. The third-order valence-corrected chi connectivity index (χ3v) is 4.23. The van der Waals surface area contributed by atoms with Crippen molar-refractivity contribution in [3.05, 3.63) is 57.6 Å². The minimum atomic E-state index is 0. The Hall–Kier alpha value is -1.21. The Bertz CT molecular complexity index is 701. The van der Waals surface area contributed by atoms with E-state index in [1.165, 1.54) is 0 Å². The highest BCUT2D eigenvalue weighted by Crippen LogP contribution is 2.32. The van der Waals surface area contributed by atoms with Gasteiger partial charge in [-0.15, -0.1) is 12.4 Å². The summed E-state index contributed by atoms with van der Waals surface area (Å²) in [6, 6.07) is 11.1. The maximum atomic E-state index is 8.69. The van der Waals surface area contributed by atoms with Crippen molar-refractivity contribution in [2.75, 3.05) is 33.5 Å². The molecule has 8 heteroatoms. The molecule has 0 radical (unpaired) electrons. The number of halogens is 3. The van der Waals surface area contributed by atoms with E-state index < -0.39 is 0 Å². The van der Waals surface area contributed by atoms with Gasteiger partial charge in [-0.1, -0.05) is 41.4 Å². The summed E-state index contributed by atoms with van der Waals surface area (Å²) in [5, 5.41) is 13.1. The van der Waals surface area contributed by atoms with Crippen LogP contribution in [0.4, 0.5) is 0 Å². The van der Waals surface area contributed by atoms with Gasteiger partial charge in [-0.3, -0.25) is 0 Å². The molecule has 0 saturated heterocycles. The number of ether oxygens (including phenoxy) is 3. The normalized spacial score (nSPS) is 10.4. The van der Waals surface area contributed by atoms with Gasteiger partial charge < -0.3 is 24.6 Å². The predicted octanol–water partition coefficient (Wildman–Crippen LogP) is 4.10. The van der Waals surface area contributed by atoms with Crippen LogP contribution >= 0.6 is 35.6 Å². The molecule has 2 rings (SSSR count). The summed E-state index contributed by atoms with van der Waals surface area (Å²) < 4.78 is 16.7. The summed E-state index contributed by atoms with van der Waals surface area (Å²) in [7, 11) is 1.61. The molecular formula is C19H24Cl3NO4. The first-order chi connectivity index (χ1) is 12.7. The molecule has 0 aromatic heterocycles. The Balaban J connectivity index is 0.00000364. The van der Waals surface area contributed by atoms with Crippen molar-refractivity contribution < 1.29 is 19.3 Å². The van der Waals surface area contributed by atoms with E-state index in [2.05, 4.69) is 5.32 Å². The van der Waals surface area contributed by atoms with Crippen molar-refractivity contribution in [1.29, 1.82) is 0 Å². The first-order valence-corrected chi connectivity index (χ1v) is 9.03. The molecule has 27 heavy (non-hydrogen) atoms. The molecule has 150 valence electrons. The lowest BCUT2D eigenvalue weighted by atomic mass is 10.1. The molecule has 5 nitrogen and oxygen atoms in total. The smallest absolute Gasteiger partial charge is 0.166 e. The van der Waals surface area contributed by atoms with Crippen molar-refractivity contribution in [3.8, 4) is 11.5 Å². The van der Waals surface area contributed by atoms with Crippen LogP contribution < -0.4 is 14.8 Å². The van der Waals surface area contributed by atoms with E-state index in [0.29, 0.717) is 54.5 Å². The van der Waals surface area contributed by atoms with Gasteiger partial charge in [0.25, 0.3) is 0 Å². The average Bonchev–Trinajstić information content (AvgIpc) is 2.64. The average molecular weight is 437 g/mol. The van der Waals surface area contributed by atoms with Gasteiger partial charge in [-0.2, -0.15) is 0 Å². The van der Waals surface area contributed by atoms with Gasteiger partial charge >= 0.3 is 0 Å². The largest absolute Gasteiger partial charge is 0.493 e. The quantitative estimate of drug-likeness (QED) is 0.519. The molecule has 0 atom stereocenters. The molecule has 0 aliphatic rings. The van der Waals surface area contributed by atoms with E-state index in [-0.39, 0.29) is 19.0 Å². The van der Waals surface area contributed by atoms with Crippen LogP contribution in [0, 0.1) is 0 Å². The van der Waals surface area contributed by atoms with Gasteiger partial charge in [-0.25, -0.2) is 0 Å². The molecule has 2 aromatic carbocycles. The molecule has 0 saturated carbocycles. The molecule has 2 N–H and O–H groups in total. The zero-order valence-corrected chi connectivity index (χ0v) is 17.4. The van der Waals surface area contributed by atoms with E-state index >= 15 is 0 Å². The first kappa shape index (κ1) is 23.8. The van der Waals surface area contributed by atoms with E-state index in [1.807, 2.05) is 24.3 Å². The lowest BCUT2D eigenvalue weighted by Gasteiger charge is -2.16. The van der Waals surface area contributed by atoms with Crippen LogP contribution in [-0.2, 0) is 17.9 Å². The van der Waals surface area contributed by atoms with Crippen LogP contribution in [0.2, 0.25) is 10.0 Å². The number of aliphatic hydroxyl groups is 1. The molecular weight excluding hydrogens is 413 g/mol. The van der Waals surface area contributed by atoms with Gasteiger partial charge in [0.15, 0.2) is 11.5 Å². The molecule has 2 aromatic rings. The molecule has 0 heterocycles. The predicted molar refractivity (Wildman–Crippen MR) is 111 cm³/mol. The Morgan fingerprint density at radius 3 is 2.59 bits per heavy atom.